The fraction of sp³-hybridized carbons (Fsp3) is 0.920. The number of aliphatic carboxylic acids is 1. The summed E-state index contributed by atoms with van der Waals surface area (Å²) in [6.07, 6.45) is 6.70. The van der Waals surface area contributed by atoms with Crippen molar-refractivity contribution in [3.63, 3.8) is 0 Å². The number of carbonyl (C=O) groups is 2. The number of carboxylic acids is 1. The third-order valence-corrected chi connectivity index (χ3v) is 15.1. The van der Waals surface area contributed by atoms with Crippen LogP contribution in [-0.4, -0.2) is 31.8 Å². The quantitative estimate of drug-likeness (QED) is 0.453. The molecule has 0 aliphatic heterocycles. The van der Waals surface area contributed by atoms with Crippen molar-refractivity contribution in [2.75, 3.05) is 6.61 Å². The first-order valence-corrected chi connectivity index (χ1v) is 14.6. The standard InChI is InChI=1S/C25H44O4Si/c1-15(2)30(16(3)4,17(5)6)29-14-20-11-18-9-7-8-10-21(18)24-19(13-23(27)28)12-22(26)25(20)24/h15-21,24-25H,7-14H2,1-6H3,(H,27,28)/t18-,19+,20-,21+,24?,25?/m0/s1. The third-order valence-electron chi connectivity index (χ3n) is 9.06. The predicted molar refractivity (Wildman–Crippen MR) is 123 cm³/mol. The molecule has 1 N–H and O–H groups in total. The summed E-state index contributed by atoms with van der Waals surface area (Å²) in [5.41, 5.74) is 1.62. The normalized spacial score (nSPS) is 34.5. The maximum Gasteiger partial charge on any atom is 0.303 e. The summed E-state index contributed by atoms with van der Waals surface area (Å²) in [4.78, 5) is 24.7. The molecule has 3 rings (SSSR count). The summed E-state index contributed by atoms with van der Waals surface area (Å²) in [7, 11) is -1.97. The molecule has 2 unspecified atom stereocenters. The number of rotatable bonds is 8. The van der Waals surface area contributed by atoms with Gasteiger partial charge in [-0.05, 0) is 59.1 Å². The third kappa shape index (κ3) is 4.30. The van der Waals surface area contributed by atoms with Gasteiger partial charge in [-0.15, -0.1) is 0 Å². The molecule has 172 valence electrons. The van der Waals surface area contributed by atoms with E-state index in [2.05, 4.69) is 41.5 Å². The molecule has 0 aromatic carbocycles. The molecule has 0 aromatic heterocycles. The zero-order valence-corrected chi connectivity index (χ0v) is 21.0. The van der Waals surface area contributed by atoms with Crippen molar-refractivity contribution < 1.29 is 19.1 Å². The molecule has 5 heteroatoms. The van der Waals surface area contributed by atoms with Crippen LogP contribution in [0.4, 0.5) is 0 Å². The fourth-order valence-electron chi connectivity index (χ4n) is 8.16. The van der Waals surface area contributed by atoms with Crippen LogP contribution >= 0.6 is 0 Å². The lowest BCUT2D eigenvalue weighted by atomic mass is 9.57. The van der Waals surface area contributed by atoms with Gasteiger partial charge in [-0.3, -0.25) is 9.59 Å². The molecule has 3 fully saturated rings. The van der Waals surface area contributed by atoms with Gasteiger partial charge in [0, 0.05) is 25.4 Å². The molecule has 4 nitrogen and oxygen atoms in total. The van der Waals surface area contributed by atoms with Crippen molar-refractivity contribution in [3.8, 4) is 0 Å². The van der Waals surface area contributed by atoms with Gasteiger partial charge in [0.25, 0.3) is 0 Å². The Morgan fingerprint density at radius 1 is 1.03 bits per heavy atom. The van der Waals surface area contributed by atoms with Crippen molar-refractivity contribution in [2.24, 2.45) is 35.5 Å². The summed E-state index contributed by atoms with van der Waals surface area (Å²) in [5, 5.41) is 9.48. The van der Waals surface area contributed by atoms with Gasteiger partial charge in [0.1, 0.15) is 5.78 Å². The van der Waals surface area contributed by atoms with Gasteiger partial charge in [0.15, 0.2) is 8.32 Å². The van der Waals surface area contributed by atoms with E-state index in [4.69, 9.17) is 4.43 Å². The zero-order chi connectivity index (χ0) is 22.2. The number of carboxylic acid groups (broad SMARTS) is 1. The first kappa shape index (κ1) is 24.0. The molecule has 3 saturated carbocycles. The van der Waals surface area contributed by atoms with E-state index in [1.165, 1.54) is 25.7 Å². The first-order chi connectivity index (χ1) is 14.1. The van der Waals surface area contributed by atoms with Crippen LogP contribution in [0, 0.1) is 35.5 Å². The second kappa shape index (κ2) is 9.44. The maximum atomic E-state index is 13.2. The van der Waals surface area contributed by atoms with E-state index in [-0.39, 0.29) is 30.1 Å². The molecule has 0 amide bonds. The highest BCUT2D eigenvalue weighted by Crippen LogP contribution is 2.57. The minimum absolute atomic E-state index is 0.0342. The highest BCUT2D eigenvalue weighted by atomic mass is 28.4. The molecule has 0 heterocycles. The molecule has 0 aromatic rings. The Morgan fingerprint density at radius 3 is 2.20 bits per heavy atom. The molecule has 0 saturated heterocycles. The summed E-state index contributed by atoms with van der Waals surface area (Å²) in [6, 6.07) is 0. The Bertz CT molecular complexity index is 607. The van der Waals surface area contributed by atoms with E-state index >= 15 is 0 Å². The van der Waals surface area contributed by atoms with Crippen molar-refractivity contribution >= 4 is 20.1 Å². The molecular weight excluding hydrogens is 392 g/mol. The lowest BCUT2D eigenvalue weighted by molar-refractivity contribution is -0.139. The molecule has 0 radical (unpaired) electrons. The van der Waals surface area contributed by atoms with E-state index in [1.807, 2.05) is 0 Å². The number of carbonyl (C=O) groups excluding carboxylic acids is 1. The number of fused-ring (bicyclic) bond motifs is 3. The minimum atomic E-state index is -1.97. The predicted octanol–water partition coefficient (Wildman–Crippen LogP) is 6.30. The second-order valence-corrected chi connectivity index (χ2v) is 16.9. The summed E-state index contributed by atoms with van der Waals surface area (Å²) >= 11 is 0. The minimum Gasteiger partial charge on any atom is -0.481 e. The average Bonchev–Trinajstić information content (AvgIpc) is 2.97. The lowest BCUT2D eigenvalue weighted by Gasteiger charge is -2.49. The van der Waals surface area contributed by atoms with Gasteiger partial charge in [0.05, 0.1) is 0 Å². The van der Waals surface area contributed by atoms with Crippen LogP contribution in [0.15, 0.2) is 0 Å². The van der Waals surface area contributed by atoms with Crippen LogP contribution in [0.3, 0.4) is 0 Å². The Kier molecular flexibility index (Phi) is 7.54. The Morgan fingerprint density at radius 2 is 1.63 bits per heavy atom. The van der Waals surface area contributed by atoms with Crippen molar-refractivity contribution in [2.45, 2.75) is 103 Å². The summed E-state index contributed by atoms with van der Waals surface area (Å²) in [5.74, 6) is 1.42. The highest BCUT2D eigenvalue weighted by molar-refractivity contribution is 6.77. The molecule has 3 aliphatic carbocycles. The lowest BCUT2D eigenvalue weighted by Crippen LogP contribution is -2.51. The Labute approximate surface area is 184 Å². The van der Waals surface area contributed by atoms with E-state index in [0.717, 1.165) is 6.42 Å². The van der Waals surface area contributed by atoms with Crippen LogP contribution in [-0.2, 0) is 14.0 Å². The molecule has 0 bridgehead atoms. The highest BCUT2D eigenvalue weighted by Gasteiger charge is 2.56. The van der Waals surface area contributed by atoms with Crippen molar-refractivity contribution in [1.29, 1.82) is 0 Å². The largest absolute Gasteiger partial charge is 0.481 e. The first-order valence-electron chi connectivity index (χ1n) is 12.5. The second-order valence-electron chi connectivity index (χ2n) is 11.5. The van der Waals surface area contributed by atoms with Crippen LogP contribution in [0.25, 0.3) is 0 Å². The number of Topliss-reactive ketones (excluding diaryl/α,β-unsaturated/α-hetero) is 1. The molecule has 30 heavy (non-hydrogen) atoms. The van der Waals surface area contributed by atoms with Gasteiger partial charge in [-0.1, -0.05) is 60.8 Å². The Hall–Kier alpha value is -0.683. The smallest absolute Gasteiger partial charge is 0.303 e. The Balaban J connectivity index is 1.85. The van der Waals surface area contributed by atoms with E-state index in [0.29, 0.717) is 47.3 Å². The number of hydrogen-bond donors (Lipinski definition) is 1. The van der Waals surface area contributed by atoms with Gasteiger partial charge in [-0.25, -0.2) is 0 Å². The van der Waals surface area contributed by atoms with Gasteiger partial charge >= 0.3 is 5.97 Å². The van der Waals surface area contributed by atoms with Gasteiger partial charge in [-0.2, -0.15) is 0 Å². The molecular formula is C25H44O4Si. The topological polar surface area (TPSA) is 63.6 Å². The number of hydrogen-bond acceptors (Lipinski definition) is 3. The summed E-state index contributed by atoms with van der Waals surface area (Å²) < 4.78 is 6.98. The van der Waals surface area contributed by atoms with E-state index in [9.17, 15) is 14.7 Å². The number of ketones is 1. The van der Waals surface area contributed by atoms with Crippen molar-refractivity contribution in [1.82, 2.24) is 0 Å². The fourth-order valence-corrected chi connectivity index (χ4v) is 13.7. The zero-order valence-electron chi connectivity index (χ0n) is 20.0. The van der Waals surface area contributed by atoms with Crippen LogP contribution in [0.5, 0.6) is 0 Å². The van der Waals surface area contributed by atoms with Crippen LogP contribution in [0.1, 0.15) is 86.5 Å². The molecule has 0 spiro atoms. The van der Waals surface area contributed by atoms with Crippen molar-refractivity contribution in [3.05, 3.63) is 0 Å². The van der Waals surface area contributed by atoms with Crippen LogP contribution < -0.4 is 0 Å². The van der Waals surface area contributed by atoms with E-state index in [1.54, 1.807) is 0 Å². The molecule has 6 atom stereocenters. The maximum absolute atomic E-state index is 13.2. The molecule has 3 aliphatic rings. The van der Waals surface area contributed by atoms with Gasteiger partial charge in [0.2, 0.25) is 0 Å². The van der Waals surface area contributed by atoms with E-state index < -0.39 is 14.3 Å². The monoisotopic (exact) mass is 436 g/mol. The summed E-state index contributed by atoms with van der Waals surface area (Å²) in [6.45, 7) is 14.6. The van der Waals surface area contributed by atoms with Crippen LogP contribution in [0.2, 0.25) is 16.6 Å². The SMILES string of the molecule is CC(C)[Si](OC[C@@H]1C[C@@H]2CCCC[C@H]2C2C1C(=O)C[C@@H]2CC(=O)O)(C(C)C)C(C)C. The van der Waals surface area contributed by atoms with Gasteiger partial charge < -0.3 is 9.53 Å². The average molecular weight is 437 g/mol.